The number of nitrogens with zero attached hydrogens (tertiary/aromatic N) is 1. The molecule has 138 valence electrons. The van der Waals surface area contributed by atoms with Gasteiger partial charge >= 0.3 is 0 Å². The Kier molecular flexibility index (Phi) is 5.93. The third-order valence-electron chi connectivity index (χ3n) is 4.38. The highest BCUT2D eigenvalue weighted by Gasteiger charge is 2.30. The first kappa shape index (κ1) is 18.5. The van der Waals surface area contributed by atoms with Crippen molar-refractivity contribution in [2.45, 2.75) is 38.8 Å². The molecule has 1 aliphatic rings. The lowest BCUT2D eigenvalue weighted by atomic mass is 10.2. The molecule has 0 saturated carbocycles. The first-order chi connectivity index (χ1) is 12.5. The van der Waals surface area contributed by atoms with Gasteiger partial charge in [0.15, 0.2) is 0 Å². The number of nitrogens with one attached hydrogen (secondary N) is 1. The van der Waals surface area contributed by atoms with E-state index in [-0.39, 0.29) is 23.9 Å². The zero-order valence-electron chi connectivity index (χ0n) is 15.1. The summed E-state index contributed by atoms with van der Waals surface area (Å²) >= 11 is 1.53. The SMILES string of the molecule is CC(C)NC(=O)c1ccc(OCC2CCCN2C(=O)c2ccsc2)cc1. The molecule has 1 aromatic heterocycles. The number of amides is 2. The van der Waals surface area contributed by atoms with Crippen LogP contribution in [0.1, 0.15) is 47.4 Å². The second kappa shape index (κ2) is 8.36. The summed E-state index contributed by atoms with van der Waals surface area (Å²) in [4.78, 5) is 26.4. The van der Waals surface area contributed by atoms with Crippen LogP contribution in [0.25, 0.3) is 0 Å². The number of rotatable bonds is 6. The summed E-state index contributed by atoms with van der Waals surface area (Å²) in [6.45, 7) is 5.10. The van der Waals surface area contributed by atoms with Crippen LogP contribution in [0.3, 0.4) is 0 Å². The summed E-state index contributed by atoms with van der Waals surface area (Å²) in [5.41, 5.74) is 1.36. The van der Waals surface area contributed by atoms with Crippen LogP contribution in [0.2, 0.25) is 0 Å². The molecule has 1 aliphatic heterocycles. The molecule has 2 amide bonds. The molecule has 0 aliphatic carbocycles. The lowest BCUT2D eigenvalue weighted by Crippen LogP contribution is -2.38. The minimum atomic E-state index is -0.0881. The average Bonchev–Trinajstić information content (AvgIpc) is 3.31. The molecule has 0 radical (unpaired) electrons. The fourth-order valence-corrected chi connectivity index (χ4v) is 3.70. The standard InChI is InChI=1S/C20H24N2O3S/c1-14(2)21-19(23)15-5-7-18(8-6-15)25-12-17-4-3-10-22(17)20(24)16-9-11-26-13-16/h5-9,11,13-14,17H,3-4,10,12H2,1-2H3,(H,21,23). The maximum Gasteiger partial charge on any atom is 0.255 e. The van der Waals surface area contributed by atoms with Crippen molar-refractivity contribution in [3.8, 4) is 5.75 Å². The molecule has 1 aromatic carbocycles. The fraction of sp³-hybridized carbons (Fsp3) is 0.400. The van der Waals surface area contributed by atoms with Gasteiger partial charge in [0.2, 0.25) is 0 Å². The van der Waals surface area contributed by atoms with Crippen LogP contribution in [0.5, 0.6) is 5.75 Å². The zero-order valence-corrected chi connectivity index (χ0v) is 15.9. The molecule has 1 unspecified atom stereocenters. The Balaban J connectivity index is 1.56. The lowest BCUT2D eigenvalue weighted by Gasteiger charge is -2.24. The van der Waals surface area contributed by atoms with E-state index in [9.17, 15) is 9.59 Å². The topological polar surface area (TPSA) is 58.6 Å². The van der Waals surface area contributed by atoms with E-state index >= 15 is 0 Å². The van der Waals surface area contributed by atoms with E-state index in [1.165, 1.54) is 11.3 Å². The highest BCUT2D eigenvalue weighted by molar-refractivity contribution is 7.08. The summed E-state index contributed by atoms with van der Waals surface area (Å²) < 4.78 is 5.88. The number of thiophene rings is 1. The number of benzene rings is 1. The smallest absolute Gasteiger partial charge is 0.255 e. The third-order valence-corrected chi connectivity index (χ3v) is 5.07. The summed E-state index contributed by atoms with van der Waals surface area (Å²) in [6, 6.07) is 9.18. The minimum Gasteiger partial charge on any atom is -0.491 e. The van der Waals surface area contributed by atoms with E-state index in [0.29, 0.717) is 17.9 Å². The zero-order chi connectivity index (χ0) is 18.5. The highest BCUT2D eigenvalue weighted by atomic mass is 32.1. The number of ether oxygens (including phenoxy) is 1. The van der Waals surface area contributed by atoms with Crippen molar-refractivity contribution < 1.29 is 14.3 Å². The molecule has 1 N–H and O–H groups in total. The van der Waals surface area contributed by atoms with Gasteiger partial charge < -0.3 is 15.0 Å². The molecule has 1 fully saturated rings. The molecule has 1 saturated heterocycles. The highest BCUT2D eigenvalue weighted by Crippen LogP contribution is 2.22. The van der Waals surface area contributed by atoms with Crippen molar-refractivity contribution in [1.82, 2.24) is 10.2 Å². The van der Waals surface area contributed by atoms with Gasteiger partial charge in [0, 0.05) is 23.5 Å². The molecule has 5 nitrogen and oxygen atoms in total. The van der Waals surface area contributed by atoms with Crippen molar-refractivity contribution in [1.29, 1.82) is 0 Å². The Labute approximate surface area is 158 Å². The molecule has 0 bridgehead atoms. The van der Waals surface area contributed by atoms with Crippen LogP contribution < -0.4 is 10.1 Å². The van der Waals surface area contributed by atoms with Crippen molar-refractivity contribution in [2.75, 3.05) is 13.2 Å². The van der Waals surface area contributed by atoms with Gasteiger partial charge in [-0.25, -0.2) is 0 Å². The lowest BCUT2D eigenvalue weighted by molar-refractivity contribution is 0.0692. The normalized spacial score (nSPS) is 16.7. The maximum atomic E-state index is 12.6. The van der Waals surface area contributed by atoms with Gasteiger partial charge in [0.25, 0.3) is 11.8 Å². The molecule has 2 heterocycles. The van der Waals surface area contributed by atoms with Gasteiger partial charge in [-0.3, -0.25) is 9.59 Å². The Morgan fingerprint density at radius 2 is 2.00 bits per heavy atom. The van der Waals surface area contributed by atoms with Gasteiger partial charge in [-0.05, 0) is 62.4 Å². The molecular formula is C20H24N2O3S. The quantitative estimate of drug-likeness (QED) is 0.843. The third kappa shape index (κ3) is 4.43. The van der Waals surface area contributed by atoms with Crippen LogP contribution in [-0.2, 0) is 0 Å². The molecule has 26 heavy (non-hydrogen) atoms. The predicted molar refractivity (Wildman–Crippen MR) is 103 cm³/mol. The van der Waals surface area contributed by atoms with Crippen molar-refractivity contribution in [3.05, 3.63) is 52.2 Å². The van der Waals surface area contributed by atoms with Gasteiger partial charge in [0.05, 0.1) is 11.6 Å². The van der Waals surface area contributed by atoms with E-state index in [4.69, 9.17) is 4.74 Å². The van der Waals surface area contributed by atoms with E-state index in [0.717, 1.165) is 24.9 Å². The molecule has 2 aromatic rings. The first-order valence-corrected chi connectivity index (χ1v) is 9.86. The van der Waals surface area contributed by atoms with Crippen molar-refractivity contribution in [2.24, 2.45) is 0 Å². The average molecular weight is 372 g/mol. The van der Waals surface area contributed by atoms with Crippen LogP contribution in [-0.4, -0.2) is 41.9 Å². The largest absolute Gasteiger partial charge is 0.491 e. The summed E-state index contributed by atoms with van der Waals surface area (Å²) in [5, 5.41) is 6.67. The van der Waals surface area contributed by atoms with Gasteiger partial charge in [-0.2, -0.15) is 11.3 Å². The number of hydrogen-bond donors (Lipinski definition) is 1. The number of carbonyl (C=O) groups excluding carboxylic acids is 2. The molecule has 3 rings (SSSR count). The fourth-order valence-electron chi connectivity index (χ4n) is 3.07. The summed E-state index contributed by atoms with van der Waals surface area (Å²) in [6.07, 6.45) is 1.95. The monoisotopic (exact) mass is 372 g/mol. The summed E-state index contributed by atoms with van der Waals surface area (Å²) in [5.74, 6) is 0.703. The number of likely N-dealkylation sites (tertiary alicyclic amines) is 1. The maximum absolute atomic E-state index is 12.6. The van der Waals surface area contributed by atoms with Crippen molar-refractivity contribution >= 4 is 23.2 Å². The second-order valence-corrected chi connectivity index (χ2v) is 7.55. The van der Waals surface area contributed by atoms with E-state index < -0.39 is 0 Å². The molecule has 0 spiro atoms. The van der Waals surface area contributed by atoms with Gasteiger partial charge in [-0.1, -0.05) is 0 Å². The Morgan fingerprint density at radius 1 is 1.23 bits per heavy atom. The first-order valence-electron chi connectivity index (χ1n) is 8.91. The summed E-state index contributed by atoms with van der Waals surface area (Å²) in [7, 11) is 0. The van der Waals surface area contributed by atoms with Gasteiger partial charge in [0.1, 0.15) is 12.4 Å². The second-order valence-electron chi connectivity index (χ2n) is 6.77. The van der Waals surface area contributed by atoms with Crippen molar-refractivity contribution in [3.63, 3.8) is 0 Å². The Bertz CT molecular complexity index is 741. The van der Waals surface area contributed by atoms with Crippen LogP contribution in [0, 0.1) is 0 Å². The minimum absolute atomic E-state index is 0.0815. The number of hydrogen-bond acceptors (Lipinski definition) is 4. The van der Waals surface area contributed by atoms with Crippen LogP contribution in [0.15, 0.2) is 41.1 Å². The Hall–Kier alpha value is -2.34. The van der Waals surface area contributed by atoms with Gasteiger partial charge in [-0.15, -0.1) is 0 Å². The van der Waals surface area contributed by atoms with E-state index in [2.05, 4.69) is 5.32 Å². The molecular weight excluding hydrogens is 348 g/mol. The van der Waals surface area contributed by atoms with Crippen LogP contribution >= 0.6 is 11.3 Å². The molecule has 6 heteroatoms. The van der Waals surface area contributed by atoms with E-state index in [1.54, 1.807) is 24.3 Å². The Morgan fingerprint density at radius 3 is 2.65 bits per heavy atom. The van der Waals surface area contributed by atoms with E-state index in [1.807, 2.05) is 35.6 Å². The predicted octanol–water partition coefficient (Wildman–Crippen LogP) is 3.57. The molecule has 1 atom stereocenters. The number of carbonyl (C=O) groups is 2. The van der Waals surface area contributed by atoms with Crippen LogP contribution in [0.4, 0.5) is 0 Å².